The minimum atomic E-state index is 0.733. The van der Waals surface area contributed by atoms with Crippen molar-refractivity contribution in [1.29, 1.82) is 0 Å². The van der Waals surface area contributed by atoms with Gasteiger partial charge in [0.2, 0.25) is 0 Å². The third-order valence-corrected chi connectivity index (χ3v) is 12.9. The highest BCUT2D eigenvalue weighted by Crippen LogP contribution is 2.50. The van der Waals surface area contributed by atoms with Crippen molar-refractivity contribution in [3.63, 3.8) is 0 Å². The lowest BCUT2D eigenvalue weighted by molar-refractivity contribution is 1.03. The van der Waals surface area contributed by atoms with Crippen LogP contribution in [-0.4, -0.2) is 19.1 Å². The SMILES string of the molecule is c1ccc(-c2nc(-c3ccccc3-c3ccc4c(c3)c3c5cccc6c5n(c3n4-c3ccccc3)-c3ccccc3S6)nc3sc4ccccc4c23)cc1. The van der Waals surface area contributed by atoms with Crippen molar-refractivity contribution < 1.29 is 0 Å². The molecule has 6 heteroatoms. The van der Waals surface area contributed by atoms with Crippen molar-refractivity contribution in [2.45, 2.75) is 9.79 Å². The molecule has 54 heavy (non-hydrogen) atoms. The first kappa shape index (κ1) is 30.0. The Labute approximate surface area is 318 Å². The lowest BCUT2D eigenvalue weighted by atomic mass is 9.97. The molecule has 0 radical (unpaired) electrons. The number of rotatable bonds is 4. The van der Waals surface area contributed by atoms with Crippen LogP contribution in [0.15, 0.2) is 180 Å². The van der Waals surface area contributed by atoms with E-state index >= 15 is 0 Å². The van der Waals surface area contributed by atoms with E-state index in [1.165, 1.54) is 58.4 Å². The highest BCUT2D eigenvalue weighted by molar-refractivity contribution is 7.99. The second-order valence-corrected chi connectivity index (χ2v) is 15.9. The van der Waals surface area contributed by atoms with Gasteiger partial charge in [0, 0.05) is 58.2 Å². The minimum Gasteiger partial charge on any atom is -0.295 e. The molecule has 1 aliphatic heterocycles. The molecule has 11 aromatic rings. The lowest BCUT2D eigenvalue weighted by Crippen LogP contribution is -2.05. The van der Waals surface area contributed by atoms with E-state index in [9.17, 15) is 0 Å². The molecular weight excluding hydrogens is 697 g/mol. The molecule has 4 aromatic heterocycles. The molecule has 0 amide bonds. The number of para-hydroxylation sites is 3. The number of benzene rings is 7. The molecule has 0 fully saturated rings. The van der Waals surface area contributed by atoms with E-state index in [0.29, 0.717) is 0 Å². The number of nitrogens with zero attached hydrogens (tertiary/aromatic N) is 4. The van der Waals surface area contributed by atoms with E-state index in [1.54, 1.807) is 11.3 Å². The Hall–Kier alpha value is -6.47. The van der Waals surface area contributed by atoms with Gasteiger partial charge in [-0.15, -0.1) is 11.3 Å². The summed E-state index contributed by atoms with van der Waals surface area (Å²) in [6.45, 7) is 0. The molecule has 1 aliphatic rings. The monoisotopic (exact) mass is 724 g/mol. The Bertz CT molecular complexity index is 3300. The van der Waals surface area contributed by atoms with Gasteiger partial charge in [0.15, 0.2) is 5.82 Å². The molecule has 12 rings (SSSR count). The molecular formula is C48H28N4S2. The summed E-state index contributed by atoms with van der Waals surface area (Å²) >= 11 is 3.59. The van der Waals surface area contributed by atoms with Gasteiger partial charge in [0.25, 0.3) is 0 Å². The summed E-state index contributed by atoms with van der Waals surface area (Å²) in [5.74, 6) is 0.733. The van der Waals surface area contributed by atoms with Crippen LogP contribution in [0.3, 0.4) is 0 Å². The van der Waals surface area contributed by atoms with E-state index in [-0.39, 0.29) is 0 Å². The number of aromatic nitrogens is 4. The van der Waals surface area contributed by atoms with Gasteiger partial charge in [-0.1, -0.05) is 133 Å². The quantitative estimate of drug-likeness (QED) is 0.181. The molecule has 5 heterocycles. The highest BCUT2D eigenvalue weighted by Gasteiger charge is 2.28. The van der Waals surface area contributed by atoms with E-state index in [2.05, 4.69) is 179 Å². The molecule has 0 saturated carbocycles. The van der Waals surface area contributed by atoms with Crippen molar-refractivity contribution >= 4 is 76.2 Å². The zero-order chi connectivity index (χ0) is 35.3. The van der Waals surface area contributed by atoms with Gasteiger partial charge in [-0.05, 0) is 59.7 Å². The van der Waals surface area contributed by atoms with Crippen LogP contribution < -0.4 is 0 Å². The Morgan fingerprint density at radius 2 is 1.20 bits per heavy atom. The largest absolute Gasteiger partial charge is 0.295 e. The van der Waals surface area contributed by atoms with Crippen molar-refractivity contribution in [1.82, 2.24) is 19.1 Å². The topological polar surface area (TPSA) is 35.6 Å². The molecule has 0 unspecified atom stereocenters. The Balaban J connectivity index is 1.14. The lowest BCUT2D eigenvalue weighted by Gasteiger charge is -2.21. The van der Waals surface area contributed by atoms with E-state index < -0.39 is 0 Å². The number of fused-ring (bicyclic) bond motifs is 10. The van der Waals surface area contributed by atoms with E-state index in [0.717, 1.165) is 49.7 Å². The van der Waals surface area contributed by atoms with Gasteiger partial charge in [0.1, 0.15) is 10.5 Å². The first-order valence-electron chi connectivity index (χ1n) is 18.1. The van der Waals surface area contributed by atoms with Crippen LogP contribution in [0.4, 0.5) is 0 Å². The molecule has 0 spiro atoms. The fraction of sp³-hybridized carbons (Fsp3) is 0. The Kier molecular flexibility index (Phi) is 6.40. The summed E-state index contributed by atoms with van der Waals surface area (Å²) in [6, 6.07) is 61.0. The van der Waals surface area contributed by atoms with Crippen LogP contribution in [0.25, 0.3) is 98.3 Å². The first-order valence-corrected chi connectivity index (χ1v) is 19.7. The van der Waals surface area contributed by atoms with Crippen molar-refractivity contribution in [3.05, 3.63) is 170 Å². The van der Waals surface area contributed by atoms with Crippen molar-refractivity contribution in [2.24, 2.45) is 0 Å². The summed E-state index contributed by atoms with van der Waals surface area (Å²) < 4.78 is 6.15. The van der Waals surface area contributed by atoms with Crippen LogP contribution in [0.2, 0.25) is 0 Å². The molecule has 0 atom stereocenters. The van der Waals surface area contributed by atoms with E-state index in [4.69, 9.17) is 9.97 Å². The van der Waals surface area contributed by atoms with Crippen molar-refractivity contribution in [2.75, 3.05) is 0 Å². The summed E-state index contributed by atoms with van der Waals surface area (Å²) in [4.78, 5) is 14.2. The van der Waals surface area contributed by atoms with Crippen LogP contribution >= 0.6 is 23.1 Å². The van der Waals surface area contributed by atoms with Gasteiger partial charge in [-0.3, -0.25) is 9.13 Å². The second kappa shape index (κ2) is 11.5. The van der Waals surface area contributed by atoms with Gasteiger partial charge in [-0.2, -0.15) is 0 Å². The summed E-state index contributed by atoms with van der Waals surface area (Å²) in [5.41, 5.74) is 11.3. The summed E-state index contributed by atoms with van der Waals surface area (Å²) in [6.07, 6.45) is 0. The maximum absolute atomic E-state index is 5.39. The predicted molar refractivity (Wildman–Crippen MR) is 227 cm³/mol. The third kappa shape index (κ3) is 4.26. The van der Waals surface area contributed by atoms with E-state index in [1.807, 2.05) is 11.8 Å². The maximum Gasteiger partial charge on any atom is 0.162 e. The average molecular weight is 725 g/mol. The maximum atomic E-state index is 5.39. The zero-order valence-electron chi connectivity index (χ0n) is 28.8. The molecule has 0 saturated heterocycles. The van der Waals surface area contributed by atoms with Gasteiger partial charge < -0.3 is 0 Å². The Morgan fingerprint density at radius 3 is 2.09 bits per heavy atom. The molecule has 0 N–H and O–H groups in total. The van der Waals surface area contributed by atoms with Crippen LogP contribution in [0.5, 0.6) is 0 Å². The predicted octanol–water partition coefficient (Wildman–Crippen LogP) is 13.4. The zero-order valence-corrected chi connectivity index (χ0v) is 30.4. The minimum absolute atomic E-state index is 0.733. The molecule has 0 aliphatic carbocycles. The number of hydrogen-bond acceptors (Lipinski definition) is 4. The average Bonchev–Trinajstić information content (AvgIpc) is 3.90. The summed E-state index contributed by atoms with van der Waals surface area (Å²) in [5, 5.41) is 6.05. The molecule has 7 aromatic carbocycles. The van der Waals surface area contributed by atoms with Crippen LogP contribution in [0, 0.1) is 0 Å². The number of thiophene rings is 1. The van der Waals surface area contributed by atoms with Gasteiger partial charge in [0.05, 0.1) is 22.4 Å². The third-order valence-electron chi connectivity index (χ3n) is 10.8. The smallest absolute Gasteiger partial charge is 0.162 e. The number of hydrogen-bond donors (Lipinski definition) is 0. The normalized spacial score (nSPS) is 12.4. The fourth-order valence-electron chi connectivity index (χ4n) is 8.46. The standard InChI is InChI=1S/C48H28N4S2/c1-3-14-29(15-4-1)44-43-34-20-9-11-23-39(34)54-47(43)50-46(49-44)33-19-8-7-18-32(33)30-26-27-37-36(28-30)42-35-21-13-25-41-45(35)52(38-22-10-12-24-40(38)53-41)48(42)51(37)31-16-5-2-6-17-31/h1-28H. The van der Waals surface area contributed by atoms with Crippen LogP contribution in [-0.2, 0) is 0 Å². The molecule has 252 valence electrons. The second-order valence-electron chi connectivity index (χ2n) is 13.7. The Morgan fingerprint density at radius 1 is 0.481 bits per heavy atom. The van der Waals surface area contributed by atoms with Gasteiger partial charge in [-0.25, -0.2) is 9.97 Å². The highest BCUT2D eigenvalue weighted by atomic mass is 32.2. The molecule has 4 nitrogen and oxygen atoms in total. The first-order chi connectivity index (χ1) is 26.8. The molecule has 0 bridgehead atoms. The van der Waals surface area contributed by atoms with Crippen LogP contribution in [0.1, 0.15) is 0 Å². The van der Waals surface area contributed by atoms with Gasteiger partial charge >= 0.3 is 0 Å². The fourth-order valence-corrected chi connectivity index (χ4v) is 10.6. The summed E-state index contributed by atoms with van der Waals surface area (Å²) in [7, 11) is 0. The van der Waals surface area contributed by atoms with Crippen molar-refractivity contribution in [3.8, 4) is 45.1 Å².